The summed E-state index contributed by atoms with van der Waals surface area (Å²) in [5, 5.41) is 3.88. The van der Waals surface area contributed by atoms with E-state index in [9.17, 15) is 4.79 Å². The lowest BCUT2D eigenvalue weighted by molar-refractivity contribution is 0.835. The highest BCUT2D eigenvalue weighted by molar-refractivity contribution is 5.85. The molecule has 0 bridgehead atoms. The third kappa shape index (κ3) is 3.49. The number of benzene rings is 2. The summed E-state index contributed by atoms with van der Waals surface area (Å²) in [6, 6.07) is 16.9. The number of nitrogens with one attached hydrogen (secondary N) is 1. The summed E-state index contributed by atoms with van der Waals surface area (Å²) in [6.07, 6.45) is 0. The molecule has 154 valence electrons. The van der Waals surface area contributed by atoms with E-state index >= 15 is 0 Å². The van der Waals surface area contributed by atoms with Crippen molar-refractivity contribution >= 4 is 28.2 Å². The number of fused-ring (bicyclic) bond motifs is 1. The van der Waals surface area contributed by atoms with Crippen LogP contribution in [0.3, 0.4) is 0 Å². The minimum atomic E-state index is -0.437. The zero-order valence-corrected chi connectivity index (χ0v) is 17.5. The van der Waals surface area contributed by atoms with Gasteiger partial charge in [0, 0.05) is 18.0 Å². The summed E-state index contributed by atoms with van der Waals surface area (Å²) < 4.78 is 2.04. The highest BCUT2D eigenvalue weighted by Gasteiger charge is 2.23. The predicted octanol–water partition coefficient (Wildman–Crippen LogP) is 4.61. The van der Waals surface area contributed by atoms with Crippen molar-refractivity contribution in [1.82, 2.24) is 14.5 Å². The summed E-state index contributed by atoms with van der Waals surface area (Å²) in [6.45, 7) is 11.1. The minimum absolute atomic E-state index is 0.0596. The molecule has 3 N–H and O–H groups in total. The number of nitrogens with two attached hydrogens (primary N) is 1. The van der Waals surface area contributed by atoms with E-state index in [2.05, 4.69) is 20.1 Å². The van der Waals surface area contributed by atoms with Crippen molar-refractivity contribution in [3.05, 3.63) is 87.6 Å². The Kier molecular flexibility index (Phi) is 5.14. The molecular weight excluding hydrogens is 388 g/mol. The van der Waals surface area contributed by atoms with Crippen molar-refractivity contribution in [2.24, 2.45) is 7.05 Å². The molecule has 0 aliphatic rings. The molecule has 0 radical (unpaired) electrons. The lowest BCUT2D eigenvalue weighted by Crippen LogP contribution is -2.23. The average Bonchev–Trinajstić information content (AvgIpc) is 2.76. The molecule has 4 rings (SSSR count). The van der Waals surface area contributed by atoms with Crippen LogP contribution in [-0.4, -0.2) is 14.5 Å². The van der Waals surface area contributed by atoms with E-state index in [1.807, 2.05) is 73.1 Å². The second-order valence-electron chi connectivity index (χ2n) is 7.36. The standard InChI is InChI=1S/C24H22N6O/c1-14(27-24-20(26-3)23(25)28-15(2)29-24)19-21(16-10-6-5-7-11-16)30(4)18-13-9-8-12-17(18)22(19)31/h5-14H,1-2,4H3,(H3,25,27,28,29). The monoisotopic (exact) mass is 410 g/mol. The molecule has 1 unspecified atom stereocenters. The average molecular weight is 410 g/mol. The molecule has 7 heteroatoms. The number of hydrogen-bond donors (Lipinski definition) is 2. The minimum Gasteiger partial charge on any atom is -0.392 e. The van der Waals surface area contributed by atoms with Crippen LogP contribution in [0.15, 0.2) is 59.4 Å². The van der Waals surface area contributed by atoms with E-state index in [0.717, 1.165) is 16.8 Å². The van der Waals surface area contributed by atoms with E-state index in [1.165, 1.54) is 0 Å². The molecule has 31 heavy (non-hydrogen) atoms. The van der Waals surface area contributed by atoms with Crippen LogP contribution in [0.1, 0.15) is 24.4 Å². The van der Waals surface area contributed by atoms with Gasteiger partial charge in [-0.3, -0.25) is 4.79 Å². The van der Waals surface area contributed by atoms with E-state index in [-0.39, 0.29) is 16.9 Å². The van der Waals surface area contributed by atoms with E-state index < -0.39 is 6.04 Å². The number of nitrogen functional groups attached to an aromatic ring is 1. The van der Waals surface area contributed by atoms with E-state index in [0.29, 0.717) is 22.6 Å². The number of pyridine rings is 1. The van der Waals surface area contributed by atoms with Crippen LogP contribution in [0.25, 0.3) is 27.0 Å². The molecule has 0 aliphatic carbocycles. The molecule has 0 spiro atoms. The zero-order chi connectivity index (χ0) is 22.1. The third-order valence-corrected chi connectivity index (χ3v) is 5.31. The van der Waals surface area contributed by atoms with E-state index in [4.69, 9.17) is 12.3 Å². The van der Waals surface area contributed by atoms with Gasteiger partial charge in [-0.25, -0.2) is 14.8 Å². The van der Waals surface area contributed by atoms with Gasteiger partial charge >= 0.3 is 0 Å². The van der Waals surface area contributed by atoms with Gasteiger partial charge in [0.15, 0.2) is 5.43 Å². The Bertz CT molecular complexity index is 1390. The van der Waals surface area contributed by atoms with Crippen molar-refractivity contribution in [3.63, 3.8) is 0 Å². The number of anilines is 2. The van der Waals surface area contributed by atoms with Gasteiger partial charge in [0.1, 0.15) is 17.5 Å². The Balaban J connectivity index is 1.97. The maximum Gasteiger partial charge on any atom is 0.268 e. The van der Waals surface area contributed by atoms with Crippen LogP contribution < -0.4 is 16.5 Å². The van der Waals surface area contributed by atoms with Gasteiger partial charge in [-0.15, -0.1) is 0 Å². The van der Waals surface area contributed by atoms with E-state index in [1.54, 1.807) is 6.92 Å². The molecular formula is C24H22N6O. The number of aromatic nitrogens is 3. The quantitative estimate of drug-likeness (QED) is 0.480. The molecule has 2 aromatic carbocycles. The fourth-order valence-electron chi connectivity index (χ4n) is 3.94. The van der Waals surface area contributed by atoms with Crippen LogP contribution in [0, 0.1) is 13.5 Å². The van der Waals surface area contributed by atoms with Crippen molar-refractivity contribution in [3.8, 4) is 11.3 Å². The van der Waals surface area contributed by atoms with Crippen LogP contribution >= 0.6 is 0 Å². The summed E-state index contributed by atoms with van der Waals surface area (Å²) >= 11 is 0. The highest BCUT2D eigenvalue weighted by atomic mass is 16.1. The van der Waals surface area contributed by atoms with Crippen molar-refractivity contribution in [1.29, 1.82) is 0 Å². The summed E-state index contributed by atoms with van der Waals surface area (Å²) in [5.41, 5.74) is 9.21. The highest BCUT2D eigenvalue weighted by Crippen LogP contribution is 2.34. The Morgan fingerprint density at radius 1 is 1.10 bits per heavy atom. The summed E-state index contributed by atoms with van der Waals surface area (Å²) in [4.78, 5) is 25.5. The maximum absolute atomic E-state index is 13.6. The topological polar surface area (TPSA) is 90.2 Å². The molecule has 0 fully saturated rings. The molecule has 0 aliphatic heterocycles. The predicted molar refractivity (Wildman–Crippen MR) is 124 cm³/mol. The van der Waals surface area contributed by atoms with Crippen molar-refractivity contribution in [2.45, 2.75) is 19.9 Å². The maximum atomic E-state index is 13.6. The van der Waals surface area contributed by atoms with Crippen LogP contribution in [-0.2, 0) is 7.05 Å². The molecule has 4 aromatic rings. The lowest BCUT2D eigenvalue weighted by Gasteiger charge is -2.23. The first-order valence-electron chi connectivity index (χ1n) is 9.87. The normalized spacial score (nSPS) is 11.8. The summed E-state index contributed by atoms with van der Waals surface area (Å²) in [5.74, 6) is 0.892. The lowest BCUT2D eigenvalue weighted by atomic mass is 9.97. The molecule has 2 aromatic heterocycles. The first-order valence-corrected chi connectivity index (χ1v) is 9.87. The Labute approximate surface area is 180 Å². The second kappa shape index (κ2) is 7.92. The number of nitrogens with zero attached hydrogens (tertiary/aromatic N) is 4. The molecule has 0 saturated carbocycles. The Morgan fingerprint density at radius 3 is 2.48 bits per heavy atom. The van der Waals surface area contributed by atoms with Gasteiger partial charge in [-0.1, -0.05) is 42.5 Å². The zero-order valence-electron chi connectivity index (χ0n) is 17.5. The fourth-order valence-corrected chi connectivity index (χ4v) is 3.94. The number of aryl methyl sites for hydroxylation is 2. The van der Waals surface area contributed by atoms with Gasteiger partial charge in [-0.05, 0) is 31.5 Å². The number of hydrogen-bond acceptors (Lipinski definition) is 5. The van der Waals surface area contributed by atoms with Crippen LogP contribution in [0.5, 0.6) is 0 Å². The smallest absolute Gasteiger partial charge is 0.268 e. The van der Waals surface area contributed by atoms with Crippen LogP contribution in [0.2, 0.25) is 0 Å². The number of para-hydroxylation sites is 1. The van der Waals surface area contributed by atoms with Gasteiger partial charge in [0.25, 0.3) is 5.69 Å². The van der Waals surface area contributed by atoms with Gasteiger partial charge < -0.3 is 15.6 Å². The largest absolute Gasteiger partial charge is 0.392 e. The molecule has 7 nitrogen and oxygen atoms in total. The fraction of sp³-hybridized carbons (Fsp3) is 0.167. The van der Waals surface area contributed by atoms with Crippen molar-refractivity contribution in [2.75, 3.05) is 11.1 Å². The third-order valence-electron chi connectivity index (χ3n) is 5.31. The molecule has 0 saturated heterocycles. The summed E-state index contributed by atoms with van der Waals surface area (Å²) in [7, 11) is 1.96. The van der Waals surface area contributed by atoms with Gasteiger partial charge in [-0.2, -0.15) is 0 Å². The number of rotatable bonds is 4. The Hall–Kier alpha value is -4.18. The molecule has 1 atom stereocenters. The van der Waals surface area contributed by atoms with Crippen LogP contribution in [0.4, 0.5) is 17.3 Å². The SMILES string of the molecule is [C-]#[N+]c1c(N)nc(C)nc1NC(C)c1c(-c2ccccc2)n(C)c2ccccc2c1=O. The second-order valence-corrected chi connectivity index (χ2v) is 7.36. The Morgan fingerprint density at radius 2 is 1.77 bits per heavy atom. The first-order chi connectivity index (χ1) is 14.9. The molecule has 2 heterocycles. The van der Waals surface area contributed by atoms with Crippen molar-refractivity contribution < 1.29 is 0 Å². The first kappa shape index (κ1) is 20.1. The molecule has 0 amide bonds. The van der Waals surface area contributed by atoms with Gasteiger partial charge in [0.05, 0.1) is 23.8 Å². The van der Waals surface area contributed by atoms with Gasteiger partial charge in [0.2, 0.25) is 0 Å².